The van der Waals surface area contributed by atoms with E-state index in [-0.39, 0.29) is 16.2 Å². The number of anilines is 1. The predicted octanol–water partition coefficient (Wildman–Crippen LogP) is 4.59. The number of amides is 1. The van der Waals surface area contributed by atoms with Gasteiger partial charge in [0.1, 0.15) is 11.5 Å². The Balaban J connectivity index is 1.40. The van der Waals surface area contributed by atoms with E-state index in [1.165, 1.54) is 0 Å². The molecule has 1 saturated heterocycles. The van der Waals surface area contributed by atoms with Crippen LogP contribution in [-0.4, -0.2) is 63.6 Å². The van der Waals surface area contributed by atoms with Crippen molar-refractivity contribution in [2.24, 2.45) is 0 Å². The molecule has 0 unspecified atom stereocenters. The van der Waals surface area contributed by atoms with Gasteiger partial charge in [0.15, 0.2) is 0 Å². The summed E-state index contributed by atoms with van der Waals surface area (Å²) in [4.78, 5) is 18.9. The van der Waals surface area contributed by atoms with Gasteiger partial charge in [-0.05, 0) is 53.4 Å². The van der Waals surface area contributed by atoms with Gasteiger partial charge in [-0.15, -0.1) is 0 Å². The molecule has 2 aromatic carbocycles. The van der Waals surface area contributed by atoms with Crippen LogP contribution in [0.15, 0.2) is 70.2 Å². The molecule has 206 valence electrons. The zero-order valence-corrected chi connectivity index (χ0v) is 23.2. The fourth-order valence-electron chi connectivity index (χ4n) is 4.69. The Hall–Kier alpha value is -3.60. The fourth-order valence-corrected chi connectivity index (χ4v) is 5.74. The van der Waals surface area contributed by atoms with Crippen LogP contribution < -0.4 is 10.0 Å². The van der Waals surface area contributed by atoms with Gasteiger partial charge in [-0.3, -0.25) is 14.4 Å². The second kappa shape index (κ2) is 10.9. The molecule has 39 heavy (non-hydrogen) atoms. The molecule has 5 rings (SSSR count). The Bertz CT molecular complexity index is 1550. The van der Waals surface area contributed by atoms with Gasteiger partial charge >= 0.3 is 0 Å². The third kappa shape index (κ3) is 6.03. The van der Waals surface area contributed by atoms with Crippen molar-refractivity contribution < 1.29 is 22.4 Å². The lowest BCUT2D eigenvalue weighted by atomic mass is 9.87. The SMILES string of the molecule is CC(C)(C)c1ccc(S(=O)(=O)Nc2ccc3[nH]c(C(=O)NCCN4CCOCC4)c(-c4ccco4)c3c2)cc1. The van der Waals surface area contributed by atoms with E-state index < -0.39 is 10.0 Å². The highest BCUT2D eigenvalue weighted by Crippen LogP contribution is 2.35. The quantitative estimate of drug-likeness (QED) is 0.296. The van der Waals surface area contributed by atoms with Gasteiger partial charge in [0.2, 0.25) is 0 Å². The van der Waals surface area contributed by atoms with Gasteiger partial charge < -0.3 is 19.5 Å². The van der Waals surface area contributed by atoms with Gasteiger partial charge in [0, 0.05) is 42.8 Å². The standard InChI is InChI=1S/C29H34N4O5S/c1-29(2,3)20-6-9-22(10-7-20)39(35,36)32-21-8-11-24-23(19-21)26(25-5-4-16-38-25)27(31-24)28(34)30-12-13-33-14-17-37-18-15-33/h4-11,16,19,31-32H,12-15,17-18H2,1-3H3,(H,30,34). The van der Waals surface area contributed by atoms with Gasteiger partial charge in [0.05, 0.1) is 29.9 Å². The van der Waals surface area contributed by atoms with Crippen LogP contribution in [0.4, 0.5) is 5.69 Å². The zero-order valence-electron chi connectivity index (χ0n) is 22.4. The van der Waals surface area contributed by atoms with E-state index in [1.54, 1.807) is 48.7 Å². The van der Waals surface area contributed by atoms with E-state index in [9.17, 15) is 13.2 Å². The van der Waals surface area contributed by atoms with Crippen molar-refractivity contribution in [2.45, 2.75) is 31.1 Å². The molecular formula is C29H34N4O5S. The predicted molar refractivity (Wildman–Crippen MR) is 152 cm³/mol. The number of ether oxygens (including phenoxy) is 1. The Kier molecular flexibility index (Phi) is 7.53. The van der Waals surface area contributed by atoms with Gasteiger partial charge in [-0.2, -0.15) is 0 Å². The molecular weight excluding hydrogens is 516 g/mol. The van der Waals surface area contributed by atoms with Crippen molar-refractivity contribution in [3.63, 3.8) is 0 Å². The molecule has 0 spiro atoms. The number of benzene rings is 2. The molecule has 1 aliphatic rings. The number of furan rings is 1. The van der Waals surface area contributed by atoms with Crippen molar-refractivity contribution in [1.82, 2.24) is 15.2 Å². The van der Waals surface area contributed by atoms with E-state index in [4.69, 9.17) is 9.15 Å². The van der Waals surface area contributed by atoms with Crippen LogP contribution in [0.5, 0.6) is 0 Å². The van der Waals surface area contributed by atoms with E-state index in [1.807, 2.05) is 12.1 Å². The lowest BCUT2D eigenvalue weighted by Crippen LogP contribution is -2.41. The van der Waals surface area contributed by atoms with E-state index >= 15 is 0 Å². The van der Waals surface area contributed by atoms with Crippen molar-refractivity contribution in [3.05, 3.63) is 72.1 Å². The average molecular weight is 551 g/mol. The normalized spacial score (nSPS) is 14.9. The summed E-state index contributed by atoms with van der Waals surface area (Å²) in [6.45, 7) is 10.6. The Labute approximate surface area is 228 Å². The number of sulfonamides is 1. The maximum Gasteiger partial charge on any atom is 0.268 e. The van der Waals surface area contributed by atoms with Crippen LogP contribution in [0.3, 0.4) is 0 Å². The minimum absolute atomic E-state index is 0.0796. The first kappa shape index (κ1) is 27.0. The molecule has 2 aromatic heterocycles. The number of aromatic amines is 1. The molecule has 0 radical (unpaired) electrons. The van der Waals surface area contributed by atoms with Crippen molar-refractivity contribution in [2.75, 3.05) is 44.1 Å². The molecule has 3 heterocycles. The lowest BCUT2D eigenvalue weighted by Gasteiger charge is -2.26. The summed E-state index contributed by atoms with van der Waals surface area (Å²) in [5.74, 6) is 0.254. The van der Waals surface area contributed by atoms with Crippen LogP contribution in [-0.2, 0) is 20.2 Å². The monoisotopic (exact) mass is 550 g/mol. The highest BCUT2D eigenvalue weighted by atomic mass is 32.2. The third-order valence-corrected chi connectivity index (χ3v) is 8.29. The fraction of sp³-hybridized carbons (Fsp3) is 0.345. The maximum atomic E-state index is 13.2. The topological polar surface area (TPSA) is 117 Å². The number of hydrogen-bond acceptors (Lipinski definition) is 6. The van der Waals surface area contributed by atoms with E-state index in [0.717, 1.165) is 25.2 Å². The molecule has 10 heteroatoms. The molecule has 1 fully saturated rings. The first-order chi connectivity index (χ1) is 18.6. The highest BCUT2D eigenvalue weighted by molar-refractivity contribution is 7.92. The third-order valence-electron chi connectivity index (χ3n) is 6.89. The number of fused-ring (bicyclic) bond motifs is 1. The zero-order chi connectivity index (χ0) is 27.6. The summed E-state index contributed by atoms with van der Waals surface area (Å²) in [7, 11) is -3.82. The summed E-state index contributed by atoms with van der Waals surface area (Å²) in [5, 5.41) is 3.67. The summed E-state index contributed by atoms with van der Waals surface area (Å²) in [6, 6.07) is 15.6. The smallest absolute Gasteiger partial charge is 0.268 e. The maximum absolute atomic E-state index is 13.2. The van der Waals surface area contributed by atoms with Crippen LogP contribution in [0.2, 0.25) is 0 Å². The number of carbonyl (C=O) groups excluding carboxylic acids is 1. The number of aromatic nitrogens is 1. The molecule has 1 amide bonds. The van der Waals surface area contributed by atoms with Crippen LogP contribution >= 0.6 is 0 Å². The summed E-state index contributed by atoms with van der Waals surface area (Å²) >= 11 is 0. The second-order valence-corrected chi connectivity index (χ2v) is 12.4. The van der Waals surface area contributed by atoms with Crippen LogP contribution in [0.25, 0.3) is 22.2 Å². The largest absolute Gasteiger partial charge is 0.464 e. The summed E-state index contributed by atoms with van der Waals surface area (Å²) in [6.07, 6.45) is 1.54. The molecule has 0 bridgehead atoms. The van der Waals surface area contributed by atoms with Crippen LogP contribution in [0.1, 0.15) is 36.8 Å². The molecule has 9 nitrogen and oxygen atoms in total. The molecule has 0 aliphatic carbocycles. The van der Waals surface area contributed by atoms with E-state index in [2.05, 4.69) is 40.7 Å². The molecule has 0 atom stereocenters. The average Bonchev–Trinajstić information content (AvgIpc) is 3.56. The number of H-pyrrole nitrogens is 1. The minimum Gasteiger partial charge on any atom is -0.464 e. The summed E-state index contributed by atoms with van der Waals surface area (Å²) < 4.78 is 40.0. The number of nitrogens with one attached hydrogen (secondary N) is 3. The number of nitrogens with zero attached hydrogens (tertiary/aromatic N) is 1. The molecule has 3 N–H and O–H groups in total. The van der Waals surface area contributed by atoms with Gasteiger partial charge in [0.25, 0.3) is 15.9 Å². The van der Waals surface area contributed by atoms with Crippen molar-refractivity contribution in [1.29, 1.82) is 0 Å². The second-order valence-electron chi connectivity index (χ2n) is 10.7. The van der Waals surface area contributed by atoms with Crippen molar-refractivity contribution in [3.8, 4) is 11.3 Å². The Morgan fingerprint density at radius 2 is 1.79 bits per heavy atom. The first-order valence-electron chi connectivity index (χ1n) is 13.0. The number of morpholine rings is 1. The molecule has 0 saturated carbocycles. The van der Waals surface area contributed by atoms with E-state index in [0.29, 0.717) is 53.4 Å². The Morgan fingerprint density at radius 3 is 2.46 bits per heavy atom. The van der Waals surface area contributed by atoms with Gasteiger partial charge in [-0.1, -0.05) is 32.9 Å². The minimum atomic E-state index is -3.82. The van der Waals surface area contributed by atoms with Gasteiger partial charge in [-0.25, -0.2) is 8.42 Å². The Morgan fingerprint density at radius 1 is 1.05 bits per heavy atom. The number of hydrogen-bond donors (Lipinski definition) is 3. The molecule has 1 aliphatic heterocycles. The highest BCUT2D eigenvalue weighted by Gasteiger charge is 2.23. The lowest BCUT2D eigenvalue weighted by molar-refractivity contribution is 0.0383. The van der Waals surface area contributed by atoms with Crippen LogP contribution in [0, 0.1) is 0 Å². The first-order valence-corrected chi connectivity index (χ1v) is 14.5. The molecule has 4 aromatic rings. The number of carbonyl (C=O) groups is 1. The van der Waals surface area contributed by atoms with Crippen molar-refractivity contribution >= 4 is 32.5 Å². The number of rotatable bonds is 8. The summed E-state index contributed by atoms with van der Waals surface area (Å²) in [5.41, 5.74) is 2.98.